The number of amides is 1. The van der Waals surface area contributed by atoms with E-state index in [1.165, 1.54) is 4.90 Å². The second-order valence-corrected chi connectivity index (χ2v) is 5.12. The second kappa shape index (κ2) is 6.43. The van der Waals surface area contributed by atoms with Gasteiger partial charge in [-0.3, -0.25) is 4.79 Å². The molecule has 1 aliphatic rings. The fraction of sp³-hybridized carbons (Fsp3) is 0.429. The van der Waals surface area contributed by atoms with Crippen LogP contribution < -0.4 is 5.73 Å². The summed E-state index contributed by atoms with van der Waals surface area (Å²) in [5.41, 5.74) is 5.38. The molecule has 114 valence electrons. The Labute approximate surface area is 121 Å². The number of carbonyl (C=O) groups excluding carboxylic acids is 1. The van der Waals surface area contributed by atoms with Crippen LogP contribution in [0.2, 0.25) is 0 Å². The minimum atomic E-state index is -0.605. The van der Waals surface area contributed by atoms with Crippen LogP contribution in [0.15, 0.2) is 23.4 Å². The number of benzene rings is 1. The van der Waals surface area contributed by atoms with E-state index >= 15 is 0 Å². The van der Waals surface area contributed by atoms with Crippen molar-refractivity contribution in [3.05, 3.63) is 29.6 Å². The summed E-state index contributed by atoms with van der Waals surface area (Å²) in [5, 5.41) is 21.3. The molecule has 21 heavy (non-hydrogen) atoms. The third-order valence-electron chi connectivity index (χ3n) is 3.68. The van der Waals surface area contributed by atoms with E-state index in [1.807, 2.05) is 0 Å². The fourth-order valence-electron chi connectivity index (χ4n) is 2.62. The summed E-state index contributed by atoms with van der Waals surface area (Å²) in [4.78, 5) is 14.0. The molecule has 7 heteroatoms. The summed E-state index contributed by atoms with van der Waals surface area (Å²) in [6, 6.07) is 3.15. The highest BCUT2D eigenvalue weighted by atomic mass is 19.1. The van der Waals surface area contributed by atoms with Crippen LogP contribution >= 0.6 is 0 Å². The minimum Gasteiger partial charge on any atom is -0.507 e. The Bertz CT molecular complexity index is 556. The van der Waals surface area contributed by atoms with Crippen molar-refractivity contribution in [1.82, 2.24) is 4.90 Å². The maximum absolute atomic E-state index is 13.3. The van der Waals surface area contributed by atoms with Gasteiger partial charge in [-0.1, -0.05) is 18.0 Å². The number of hydrogen-bond acceptors (Lipinski definition) is 4. The quantitative estimate of drug-likeness (QED) is 0.340. The van der Waals surface area contributed by atoms with Gasteiger partial charge in [0.15, 0.2) is 5.84 Å². The van der Waals surface area contributed by atoms with Gasteiger partial charge in [-0.2, -0.15) is 0 Å². The molecule has 0 aliphatic heterocycles. The molecule has 0 unspecified atom stereocenters. The lowest BCUT2D eigenvalue weighted by Crippen LogP contribution is -2.44. The first-order valence-corrected chi connectivity index (χ1v) is 6.79. The Morgan fingerprint density at radius 3 is 2.71 bits per heavy atom. The molecule has 1 fully saturated rings. The van der Waals surface area contributed by atoms with Gasteiger partial charge in [0.25, 0.3) is 5.91 Å². The average Bonchev–Trinajstić information content (AvgIpc) is 3.00. The van der Waals surface area contributed by atoms with E-state index in [0.717, 1.165) is 43.9 Å². The van der Waals surface area contributed by atoms with E-state index < -0.39 is 11.7 Å². The van der Waals surface area contributed by atoms with Crippen molar-refractivity contribution in [1.29, 1.82) is 0 Å². The van der Waals surface area contributed by atoms with Crippen LogP contribution in [0.1, 0.15) is 36.0 Å². The number of oxime groups is 1. The second-order valence-electron chi connectivity index (χ2n) is 5.12. The SMILES string of the molecule is N/C(CN(C(=O)c1cc(F)ccc1O)C1CCCC1)=N/O. The van der Waals surface area contributed by atoms with Gasteiger partial charge in [-0.05, 0) is 31.0 Å². The first kappa shape index (κ1) is 15.1. The number of rotatable bonds is 4. The zero-order valence-electron chi connectivity index (χ0n) is 11.5. The lowest BCUT2D eigenvalue weighted by Gasteiger charge is -2.28. The van der Waals surface area contributed by atoms with Crippen LogP contribution in [-0.4, -0.2) is 39.5 Å². The van der Waals surface area contributed by atoms with Crippen molar-refractivity contribution in [2.24, 2.45) is 10.9 Å². The summed E-state index contributed by atoms with van der Waals surface area (Å²) in [7, 11) is 0. The molecule has 1 amide bonds. The molecular weight excluding hydrogens is 277 g/mol. The number of nitrogens with two attached hydrogens (primary N) is 1. The Kier molecular flexibility index (Phi) is 4.62. The van der Waals surface area contributed by atoms with Gasteiger partial charge in [0.05, 0.1) is 12.1 Å². The highest BCUT2D eigenvalue weighted by Crippen LogP contribution is 2.27. The summed E-state index contributed by atoms with van der Waals surface area (Å²) in [5.74, 6) is -1.52. The number of aromatic hydroxyl groups is 1. The van der Waals surface area contributed by atoms with Crippen LogP contribution in [-0.2, 0) is 0 Å². The van der Waals surface area contributed by atoms with E-state index in [1.54, 1.807) is 0 Å². The fourth-order valence-corrected chi connectivity index (χ4v) is 2.62. The molecule has 4 N–H and O–H groups in total. The zero-order valence-corrected chi connectivity index (χ0v) is 11.5. The third-order valence-corrected chi connectivity index (χ3v) is 3.68. The van der Waals surface area contributed by atoms with Gasteiger partial charge in [0.1, 0.15) is 11.6 Å². The van der Waals surface area contributed by atoms with E-state index in [-0.39, 0.29) is 29.7 Å². The molecule has 2 rings (SSSR count). The number of phenols is 1. The Balaban J connectivity index is 2.30. The lowest BCUT2D eigenvalue weighted by molar-refractivity contribution is 0.0708. The largest absolute Gasteiger partial charge is 0.507 e. The molecule has 0 radical (unpaired) electrons. The van der Waals surface area contributed by atoms with Crippen molar-refractivity contribution in [2.75, 3.05) is 6.54 Å². The maximum atomic E-state index is 13.3. The average molecular weight is 295 g/mol. The maximum Gasteiger partial charge on any atom is 0.258 e. The highest BCUT2D eigenvalue weighted by molar-refractivity contribution is 5.99. The summed E-state index contributed by atoms with van der Waals surface area (Å²) >= 11 is 0. The van der Waals surface area contributed by atoms with E-state index in [9.17, 15) is 14.3 Å². The predicted octanol–water partition coefficient (Wildman–Crippen LogP) is 1.66. The van der Waals surface area contributed by atoms with Crippen LogP contribution in [0.3, 0.4) is 0 Å². The lowest BCUT2D eigenvalue weighted by atomic mass is 10.1. The molecule has 0 bridgehead atoms. The number of amidine groups is 1. The number of carbonyl (C=O) groups is 1. The van der Waals surface area contributed by atoms with Crippen LogP contribution in [0.5, 0.6) is 5.75 Å². The molecule has 0 atom stereocenters. The Hall–Kier alpha value is -2.31. The molecule has 0 saturated heterocycles. The van der Waals surface area contributed by atoms with E-state index in [0.29, 0.717) is 0 Å². The number of hydrogen-bond donors (Lipinski definition) is 3. The van der Waals surface area contributed by atoms with Gasteiger partial charge in [0, 0.05) is 6.04 Å². The van der Waals surface area contributed by atoms with Gasteiger partial charge in [0.2, 0.25) is 0 Å². The topological polar surface area (TPSA) is 99.2 Å². The Morgan fingerprint density at radius 1 is 1.43 bits per heavy atom. The normalized spacial score (nSPS) is 16.1. The van der Waals surface area contributed by atoms with Crippen molar-refractivity contribution in [2.45, 2.75) is 31.7 Å². The van der Waals surface area contributed by atoms with Gasteiger partial charge < -0.3 is 20.9 Å². The van der Waals surface area contributed by atoms with Crippen LogP contribution in [0.4, 0.5) is 4.39 Å². The van der Waals surface area contributed by atoms with E-state index in [4.69, 9.17) is 10.9 Å². The van der Waals surface area contributed by atoms with Crippen LogP contribution in [0, 0.1) is 5.82 Å². The number of halogens is 1. The van der Waals surface area contributed by atoms with Crippen molar-refractivity contribution >= 4 is 11.7 Å². The van der Waals surface area contributed by atoms with Gasteiger partial charge in [-0.15, -0.1) is 0 Å². The van der Waals surface area contributed by atoms with Gasteiger partial charge in [-0.25, -0.2) is 4.39 Å². The zero-order chi connectivity index (χ0) is 15.4. The summed E-state index contributed by atoms with van der Waals surface area (Å²) in [6.07, 6.45) is 3.58. The minimum absolute atomic E-state index is 0.0551. The molecule has 1 saturated carbocycles. The van der Waals surface area contributed by atoms with Crippen molar-refractivity contribution in [3.8, 4) is 5.75 Å². The van der Waals surface area contributed by atoms with E-state index in [2.05, 4.69) is 5.16 Å². The number of nitrogens with zero attached hydrogens (tertiary/aromatic N) is 2. The summed E-state index contributed by atoms with van der Waals surface area (Å²) < 4.78 is 13.3. The molecule has 0 heterocycles. The summed E-state index contributed by atoms with van der Waals surface area (Å²) in [6.45, 7) is -0.0596. The first-order chi connectivity index (χ1) is 10.0. The standard InChI is InChI=1S/C14H18FN3O3/c15-9-5-6-12(19)11(7-9)14(20)18(8-13(16)17-21)10-3-1-2-4-10/h5-7,10,19,21H,1-4,8H2,(H2,16,17). The van der Waals surface area contributed by atoms with Gasteiger partial charge >= 0.3 is 0 Å². The van der Waals surface area contributed by atoms with Crippen molar-refractivity contribution < 1.29 is 19.5 Å². The first-order valence-electron chi connectivity index (χ1n) is 6.79. The smallest absolute Gasteiger partial charge is 0.258 e. The van der Waals surface area contributed by atoms with Crippen LogP contribution in [0.25, 0.3) is 0 Å². The molecule has 1 aliphatic carbocycles. The predicted molar refractivity (Wildman–Crippen MR) is 74.8 cm³/mol. The van der Waals surface area contributed by atoms with Crippen molar-refractivity contribution in [3.63, 3.8) is 0 Å². The molecule has 1 aromatic carbocycles. The molecular formula is C14H18FN3O3. The molecule has 1 aromatic rings. The third kappa shape index (κ3) is 3.42. The molecule has 0 aromatic heterocycles. The molecule has 6 nitrogen and oxygen atoms in total. The number of phenolic OH excluding ortho intramolecular Hbond substituents is 1. The highest BCUT2D eigenvalue weighted by Gasteiger charge is 2.29. The Morgan fingerprint density at radius 2 is 2.10 bits per heavy atom. The monoisotopic (exact) mass is 295 g/mol. The molecule has 0 spiro atoms.